The Hall–Kier alpha value is -3.03. The van der Waals surface area contributed by atoms with Crippen molar-refractivity contribution in [3.05, 3.63) is 48.5 Å². The first-order chi connectivity index (χ1) is 10.2. The van der Waals surface area contributed by atoms with Crippen LogP contribution in [0.15, 0.2) is 42.7 Å². The predicted octanol–water partition coefficient (Wildman–Crippen LogP) is 1.98. The summed E-state index contributed by atoms with van der Waals surface area (Å²) in [5.74, 6) is 0.702. The molecule has 0 radical (unpaired) electrons. The molecule has 3 rings (SSSR count). The Morgan fingerprint density at radius 1 is 1.10 bits per heavy atom. The van der Waals surface area contributed by atoms with Gasteiger partial charge in [0.25, 0.3) is 5.95 Å². The van der Waals surface area contributed by atoms with Crippen molar-refractivity contribution in [2.45, 2.75) is 0 Å². The van der Waals surface area contributed by atoms with E-state index in [-0.39, 0.29) is 5.82 Å². The molecule has 7 nitrogen and oxygen atoms in total. The normalized spacial score (nSPS) is 10.4. The van der Waals surface area contributed by atoms with Crippen molar-refractivity contribution in [3.8, 4) is 5.95 Å². The predicted molar refractivity (Wildman–Crippen MR) is 76.2 cm³/mol. The zero-order valence-electron chi connectivity index (χ0n) is 11.2. The van der Waals surface area contributed by atoms with Gasteiger partial charge in [-0.15, -0.1) is 0 Å². The van der Waals surface area contributed by atoms with E-state index >= 15 is 0 Å². The molecule has 0 unspecified atom stereocenters. The topological polar surface area (TPSA) is 80.5 Å². The summed E-state index contributed by atoms with van der Waals surface area (Å²) in [6.07, 6.45) is 3.35. The zero-order chi connectivity index (χ0) is 14.7. The highest BCUT2D eigenvalue weighted by Crippen LogP contribution is 2.16. The third kappa shape index (κ3) is 2.94. The first-order valence-electron chi connectivity index (χ1n) is 6.21. The van der Waals surface area contributed by atoms with Gasteiger partial charge in [-0.1, -0.05) is 6.07 Å². The van der Waals surface area contributed by atoms with Crippen LogP contribution in [0.1, 0.15) is 0 Å². The summed E-state index contributed by atoms with van der Waals surface area (Å²) in [5.41, 5.74) is 0.551. The lowest BCUT2D eigenvalue weighted by Gasteiger charge is -2.08. The Labute approximate surface area is 119 Å². The molecule has 0 saturated carbocycles. The van der Waals surface area contributed by atoms with Crippen molar-refractivity contribution < 1.29 is 4.39 Å². The highest BCUT2D eigenvalue weighted by molar-refractivity contribution is 5.54. The first kappa shape index (κ1) is 13.0. The van der Waals surface area contributed by atoms with Crippen molar-refractivity contribution in [2.24, 2.45) is 0 Å². The van der Waals surface area contributed by atoms with Gasteiger partial charge in [0.2, 0.25) is 11.9 Å². The Morgan fingerprint density at radius 3 is 2.67 bits per heavy atom. The molecular weight excluding hydrogens is 273 g/mol. The van der Waals surface area contributed by atoms with E-state index in [2.05, 4.69) is 30.7 Å². The number of halogens is 1. The van der Waals surface area contributed by atoms with Crippen molar-refractivity contribution in [1.82, 2.24) is 24.7 Å². The van der Waals surface area contributed by atoms with Crippen LogP contribution in [0.2, 0.25) is 0 Å². The number of aromatic nitrogens is 5. The maximum absolute atomic E-state index is 13.2. The number of hydrogen-bond donors (Lipinski definition) is 2. The fourth-order valence-corrected chi connectivity index (χ4v) is 1.72. The lowest BCUT2D eigenvalue weighted by atomic mass is 10.3. The molecule has 2 heterocycles. The van der Waals surface area contributed by atoms with Gasteiger partial charge in [0.1, 0.15) is 5.82 Å². The molecule has 0 fully saturated rings. The van der Waals surface area contributed by atoms with E-state index in [9.17, 15) is 4.39 Å². The van der Waals surface area contributed by atoms with Crippen molar-refractivity contribution in [1.29, 1.82) is 0 Å². The lowest BCUT2D eigenvalue weighted by Crippen LogP contribution is -2.09. The number of benzene rings is 1. The van der Waals surface area contributed by atoms with Gasteiger partial charge in [-0.2, -0.15) is 20.1 Å². The van der Waals surface area contributed by atoms with Crippen LogP contribution >= 0.6 is 0 Å². The molecule has 0 atom stereocenters. The SMILES string of the molecule is CNc1nc(Nc2cccc(F)c2)nc(-n2cccn2)n1. The van der Waals surface area contributed by atoms with Gasteiger partial charge in [0, 0.05) is 25.1 Å². The number of hydrogen-bond acceptors (Lipinski definition) is 6. The molecule has 0 aliphatic carbocycles. The maximum atomic E-state index is 13.2. The molecular formula is C13H12FN7. The fraction of sp³-hybridized carbons (Fsp3) is 0.0769. The molecule has 8 heteroatoms. The summed E-state index contributed by atoms with van der Waals surface area (Å²) in [5, 5.41) is 9.86. The second-order valence-corrected chi connectivity index (χ2v) is 4.12. The number of anilines is 3. The molecule has 0 aliphatic heterocycles. The molecule has 1 aromatic carbocycles. The first-order valence-corrected chi connectivity index (χ1v) is 6.21. The van der Waals surface area contributed by atoms with E-state index in [0.29, 0.717) is 23.5 Å². The zero-order valence-corrected chi connectivity index (χ0v) is 11.2. The Morgan fingerprint density at radius 2 is 1.95 bits per heavy atom. The Kier molecular flexibility index (Phi) is 3.42. The number of nitrogens with one attached hydrogen (secondary N) is 2. The monoisotopic (exact) mass is 285 g/mol. The van der Waals surface area contributed by atoms with E-state index in [4.69, 9.17) is 0 Å². The lowest BCUT2D eigenvalue weighted by molar-refractivity contribution is 0.628. The van der Waals surface area contributed by atoms with Crippen LogP contribution in [0.25, 0.3) is 5.95 Å². The highest BCUT2D eigenvalue weighted by Gasteiger charge is 2.08. The van der Waals surface area contributed by atoms with Crippen LogP contribution in [-0.4, -0.2) is 31.8 Å². The van der Waals surface area contributed by atoms with Gasteiger partial charge in [-0.05, 0) is 24.3 Å². The summed E-state index contributed by atoms with van der Waals surface area (Å²) in [6.45, 7) is 0. The van der Waals surface area contributed by atoms with Gasteiger partial charge in [0.15, 0.2) is 0 Å². The average molecular weight is 285 g/mol. The largest absolute Gasteiger partial charge is 0.357 e. The van der Waals surface area contributed by atoms with Gasteiger partial charge in [0.05, 0.1) is 0 Å². The molecule has 0 spiro atoms. The van der Waals surface area contributed by atoms with Crippen LogP contribution in [0.5, 0.6) is 0 Å². The highest BCUT2D eigenvalue weighted by atomic mass is 19.1. The van der Waals surface area contributed by atoms with E-state index < -0.39 is 0 Å². The summed E-state index contributed by atoms with van der Waals surface area (Å²) < 4.78 is 14.7. The van der Waals surface area contributed by atoms with E-state index in [0.717, 1.165) is 0 Å². The average Bonchev–Trinajstić information content (AvgIpc) is 3.01. The van der Waals surface area contributed by atoms with E-state index in [1.165, 1.54) is 16.8 Å². The van der Waals surface area contributed by atoms with Gasteiger partial charge < -0.3 is 10.6 Å². The van der Waals surface area contributed by atoms with E-state index in [1.807, 2.05) is 0 Å². The summed E-state index contributed by atoms with van der Waals surface area (Å²) in [6, 6.07) is 7.82. The maximum Gasteiger partial charge on any atom is 0.257 e. The molecule has 0 bridgehead atoms. The molecule has 3 aromatic rings. The third-order valence-corrected chi connectivity index (χ3v) is 2.64. The molecule has 0 aliphatic rings. The smallest absolute Gasteiger partial charge is 0.257 e. The molecule has 2 aromatic heterocycles. The number of nitrogens with zero attached hydrogens (tertiary/aromatic N) is 5. The summed E-state index contributed by atoms with van der Waals surface area (Å²) in [4.78, 5) is 12.6. The van der Waals surface area contributed by atoms with E-state index in [1.54, 1.807) is 37.6 Å². The van der Waals surface area contributed by atoms with Crippen LogP contribution in [-0.2, 0) is 0 Å². The van der Waals surface area contributed by atoms with Crippen LogP contribution in [0.3, 0.4) is 0 Å². The second kappa shape index (κ2) is 5.53. The Balaban J connectivity index is 1.96. The van der Waals surface area contributed by atoms with Crippen LogP contribution in [0.4, 0.5) is 22.0 Å². The molecule has 2 N–H and O–H groups in total. The third-order valence-electron chi connectivity index (χ3n) is 2.64. The second-order valence-electron chi connectivity index (χ2n) is 4.12. The molecule has 0 saturated heterocycles. The number of rotatable bonds is 4. The quantitative estimate of drug-likeness (QED) is 0.763. The summed E-state index contributed by atoms with van der Waals surface area (Å²) >= 11 is 0. The minimum absolute atomic E-state index is 0.297. The van der Waals surface area contributed by atoms with Crippen molar-refractivity contribution >= 4 is 17.6 Å². The molecule has 106 valence electrons. The standard InChI is InChI=1S/C13H12FN7/c1-15-11-18-12(17-10-5-2-4-9(14)8-10)20-13(19-11)21-7-3-6-16-21/h2-8H,1H3,(H2,15,17,18,19,20). The minimum atomic E-state index is -0.338. The molecule has 0 amide bonds. The Bertz CT molecular complexity index is 742. The van der Waals surface area contributed by atoms with Gasteiger partial charge in [-0.25, -0.2) is 9.07 Å². The van der Waals surface area contributed by atoms with Gasteiger partial charge >= 0.3 is 0 Å². The van der Waals surface area contributed by atoms with Crippen LogP contribution in [0, 0.1) is 5.82 Å². The van der Waals surface area contributed by atoms with Gasteiger partial charge in [-0.3, -0.25) is 0 Å². The van der Waals surface area contributed by atoms with Crippen molar-refractivity contribution in [2.75, 3.05) is 17.7 Å². The molecule has 21 heavy (non-hydrogen) atoms. The van der Waals surface area contributed by atoms with Crippen LogP contribution < -0.4 is 10.6 Å². The summed E-state index contributed by atoms with van der Waals surface area (Å²) in [7, 11) is 1.70. The fourth-order valence-electron chi connectivity index (χ4n) is 1.72. The van der Waals surface area contributed by atoms with Crippen molar-refractivity contribution in [3.63, 3.8) is 0 Å². The minimum Gasteiger partial charge on any atom is -0.357 e.